The average molecular weight is 633 g/mol. The van der Waals surface area contributed by atoms with Crippen LogP contribution < -0.4 is 21.7 Å². The molecule has 2 aliphatic carbocycles. The molecule has 0 aromatic heterocycles. The number of hydrogen-bond donors (Lipinski definition) is 4. The summed E-state index contributed by atoms with van der Waals surface area (Å²) >= 11 is 0. The summed E-state index contributed by atoms with van der Waals surface area (Å²) in [6.07, 6.45) is 3.20. The Hall–Kier alpha value is -3.18. The fraction of sp³-hybridized carbons (Fsp3) is 0.818. The van der Waals surface area contributed by atoms with Crippen LogP contribution in [0.25, 0.3) is 0 Å². The van der Waals surface area contributed by atoms with Gasteiger partial charge in [0.05, 0.1) is 6.04 Å². The highest BCUT2D eigenvalue weighted by molar-refractivity contribution is 6.37. The maximum atomic E-state index is 14.3. The molecule has 12 nitrogen and oxygen atoms in total. The minimum absolute atomic E-state index is 0.0699. The molecule has 1 aliphatic heterocycles. The van der Waals surface area contributed by atoms with E-state index < -0.39 is 64.5 Å². The van der Waals surface area contributed by atoms with Crippen molar-refractivity contribution in [3.63, 3.8) is 0 Å². The summed E-state index contributed by atoms with van der Waals surface area (Å²) in [6.45, 7) is 20.3. The van der Waals surface area contributed by atoms with Crippen molar-refractivity contribution in [3.05, 3.63) is 0 Å². The number of piperidine rings is 1. The molecule has 1 unspecified atom stereocenters. The normalized spacial score (nSPS) is 24.3. The zero-order valence-electron chi connectivity index (χ0n) is 28.9. The van der Waals surface area contributed by atoms with Crippen molar-refractivity contribution in [1.82, 2.24) is 25.8 Å². The van der Waals surface area contributed by atoms with Crippen LogP contribution in [0, 0.1) is 34.0 Å². The third kappa shape index (κ3) is 7.80. The summed E-state index contributed by atoms with van der Waals surface area (Å²) in [5.74, 6) is -2.89. The highest BCUT2D eigenvalue weighted by atomic mass is 16.2. The van der Waals surface area contributed by atoms with Gasteiger partial charge >= 0.3 is 6.03 Å². The van der Waals surface area contributed by atoms with Crippen LogP contribution in [-0.2, 0) is 24.0 Å². The topological polar surface area (TPSA) is 171 Å². The Bertz CT molecular complexity index is 1180. The Balaban J connectivity index is 1.84. The van der Waals surface area contributed by atoms with Gasteiger partial charge in [-0.2, -0.15) is 0 Å². The van der Waals surface area contributed by atoms with Crippen LogP contribution in [0.1, 0.15) is 94.9 Å². The summed E-state index contributed by atoms with van der Waals surface area (Å²) < 4.78 is 0. The second-order valence-electron chi connectivity index (χ2n) is 15.9. The van der Waals surface area contributed by atoms with Gasteiger partial charge in [0.2, 0.25) is 23.5 Å². The van der Waals surface area contributed by atoms with Crippen LogP contribution in [0.5, 0.6) is 0 Å². The number of nitrogens with two attached hydrogens (primary N) is 1. The van der Waals surface area contributed by atoms with Gasteiger partial charge in [0.1, 0.15) is 18.1 Å². The minimum atomic E-state index is -1.10. The molecule has 5 N–H and O–H groups in total. The van der Waals surface area contributed by atoms with Gasteiger partial charge in [-0.1, -0.05) is 74.7 Å². The van der Waals surface area contributed by atoms with Gasteiger partial charge in [0.25, 0.3) is 5.91 Å². The first-order valence-corrected chi connectivity index (χ1v) is 16.5. The molecule has 12 heteroatoms. The van der Waals surface area contributed by atoms with Crippen molar-refractivity contribution in [3.8, 4) is 0 Å². The molecule has 1 heterocycles. The SMILES string of the molecule is CCN(CC)C(=O)[C@@H](NC(=O)N[C@H](C(=O)N1C[C@H]2[C@@H]([C@H]1C(=O)NC(CC1CCC1)C(=O)C(N)=O)C2(C)C)C(C)(C)C)C(C)(C)C. The number of rotatable bonds is 12. The summed E-state index contributed by atoms with van der Waals surface area (Å²) in [5, 5.41) is 8.45. The average Bonchev–Trinajstić information content (AvgIpc) is 3.21. The first-order valence-electron chi connectivity index (χ1n) is 16.5. The predicted molar refractivity (Wildman–Crippen MR) is 170 cm³/mol. The van der Waals surface area contributed by atoms with Gasteiger partial charge in [-0.05, 0) is 54.3 Å². The third-order valence-electron chi connectivity index (χ3n) is 10.3. The van der Waals surface area contributed by atoms with Crippen molar-refractivity contribution in [1.29, 1.82) is 0 Å². The van der Waals surface area contributed by atoms with Crippen LogP contribution in [0.3, 0.4) is 0 Å². The maximum absolute atomic E-state index is 14.3. The number of Topliss-reactive ketones (excluding diaryl/α,β-unsaturated/α-hetero) is 1. The molecule has 254 valence electrons. The number of amides is 6. The Morgan fingerprint density at radius 2 is 1.42 bits per heavy atom. The van der Waals surface area contributed by atoms with Crippen molar-refractivity contribution < 1.29 is 28.8 Å². The molecular formula is C33H56N6O6. The Kier molecular flexibility index (Phi) is 10.7. The number of carbonyl (C=O) groups excluding carboxylic acids is 6. The number of nitrogens with one attached hydrogen (secondary N) is 3. The van der Waals surface area contributed by atoms with E-state index in [1.807, 2.05) is 55.4 Å². The van der Waals surface area contributed by atoms with Gasteiger partial charge in [-0.25, -0.2) is 4.79 Å². The smallest absolute Gasteiger partial charge is 0.316 e. The van der Waals surface area contributed by atoms with Crippen molar-refractivity contribution in [2.75, 3.05) is 19.6 Å². The van der Waals surface area contributed by atoms with Crippen molar-refractivity contribution >= 4 is 35.4 Å². The zero-order chi connectivity index (χ0) is 34.2. The second-order valence-corrected chi connectivity index (χ2v) is 15.9. The molecule has 6 atom stereocenters. The van der Waals surface area contributed by atoms with Gasteiger partial charge < -0.3 is 31.5 Å². The van der Waals surface area contributed by atoms with Crippen LogP contribution in [-0.4, -0.2) is 89.0 Å². The zero-order valence-corrected chi connectivity index (χ0v) is 28.9. The lowest BCUT2D eigenvalue weighted by molar-refractivity contribution is -0.145. The van der Waals surface area contributed by atoms with E-state index in [0.29, 0.717) is 26.1 Å². The molecule has 0 spiro atoms. The molecule has 3 fully saturated rings. The molecular weight excluding hydrogens is 576 g/mol. The molecule has 45 heavy (non-hydrogen) atoms. The van der Waals surface area contributed by atoms with Crippen LogP contribution >= 0.6 is 0 Å². The van der Waals surface area contributed by atoms with E-state index in [4.69, 9.17) is 5.73 Å². The first-order chi connectivity index (χ1) is 20.7. The highest BCUT2D eigenvalue weighted by Gasteiger charge is 2.70. The maximum Gasteiger partial charge on any atom is 0.316 e. The van der Waals surface area contributed by atoms with Gasteiger partial charge in [0, 0.05) is 19.6 Å². The predicted octanol–water partition coefficient (Wildman–Crippen LogP) is 2.20. The lowest BCUT2D eigenvalue weighted by Crippen LogP contribution is -2.63. The second kappa shape index (κ2) is 13.3. The van der Waals surface area contributed by atoms with Gasteiger partial charge in [-0.15, -0.1) is 0 Å². The number of likely N-dealkylation sites (N-methyl/N-ethyl adjacent to an activating group) is 1. The van der Waals surface area contributed by atoms with Crippen molar-refractivity contribution in [2.24, 2.45) is 39.7 Å². The lowest BCUT2D eigenvalue weighted by atomic mass is 9.80. The van der Waals surface area contributed by atoms with E-state index in [-0.39, 0.29) is 29.1 Å². The molecule has 6 amide bonds. The van der Waals surface area contributed by atoms with E-state index in [1.165, 1.54) is 4.90 Å². The first kappa shape index (κ1) is 36.3. The summed E-state index contributed by atoms with van der Waals surface area (Å²) in [7, 11) is 0. The van der Waals surface area contributed by atoms with Crippen LogP contribution in [0.2, 0.25) is 0 Å². The summed E-state index contributed by atoms with van der Waals surface area (Å²) in [6, 6.07) is -4.42. The standard InChI is InChI=1S/C33H56N6O6/c1-11-38(12-2)28(43)24(31(3,4)5)36-30(45)37-25(32(6,7)8)29(44)39-17-19-21(33(19,9)10)22(39)27(42)35-20(23(40)26(34)41)16-18-14-13-15-18/h18-22,24-25H,11-17H2,1-10H3,(H2,34,41)(H,35,42)(H2,36,37,45)/t19-,20?,21-,22-,24+,25+/m0/s1. The summed E-state index contributed by atoms with van der Waals surface area (Å²) in [5.41, 5.74) is 3.80. The van der Waals surface area contributed by atoms with E-state index in [1.54, 1.807) is 4.90 Å². The summed E-state index contributed by atoms with van der Waals surface area (Å²) in [4.78, 5) is 82.7. The largest absolute Gasteiger partial charge is 0.363 e. The number of likely N-dealkylation sites (tertiary alicyclic amines) is 1. The molecule has 1 saturated heterocycles. The molecule has 0 aromatic rings. The van der Waals surface area contributed by atoms with E-state index in [2.05, 4.69) is 29.8 Å². The Labute approximate surface area is 268 Å². The van der Waals surface area contributed by atoms with Crippen molar-refractivity contribution in [2.45, 2.75) is 119 Å². The Morgan fingerprint density at radius 3 is 1.87 bits per heavy atom. The molecule has 0 bridgehead atoms. The number of ketones is 1. The van der Waals surface area contributed by atoms with E-state index in [9.17, 15) is 28.8 Å². The highest BCUT2D eigenvalue weighted by Crippen LogP contribution is 2.65. The van der Waals surface area contributed by atoms with Crippen LogP contribution in [0.4, 0.5) is 4.79 Å². The van der Waals surface area contributed by atoms with Gasteiger partial charge in [0.15, 0.2) is 0 Å². The van der Waals surface area contributed by atoms with E-state index in [0.717, 1.165) is 19.3 Å². The van der Waals surface area contributed by atoms with Gasteiger partial charge in [-0.3, -0.25) is 24.0 Å². The minimum Gasteiger partial charge on any atom is -0.363 e. The van der Waals surface area contributed by atoms with Crippen LogP contribution in [0.15, 0.2) is 0 Å². The molecule has 2 saturated carbocycles. The number of primary amides is 1. The quantitative estimate of drug-likeness (QED) is 0.240. The fourth-order valence-corrected chi connectivity index (χ4v) is 7.02. The number of urea groups is 1. The number of nitrogens with zero attached hydrogens (tertiary/aromatic N) is 2. The van der Waals surface area contributed by atoms with E-state index >= 15 is 0 Å². The third-order valence-corrected chi connectivity index (χ3v) is 10.3. The lowest BCUT2D eigenvalue weighted by Gasteiger charge is -2.39. The molecule has 0 radical (unpaired) electrons. The molecule has 3 aliphatic rings. The number of hydrogen-bond acceptors (Lipinski definition) is 6. The number of carbonyl (C=O) groups is 6. The number of fused-ring (bicyclic) bond motifs is 1. The fourth-order valence-electron chi connectivity index (χ4n) is 7.02. The monoisotopic (exact) mass is 632 g/mol. The Morgan fingerprint density at radius 1 is 0.889 bits per heavy atom. The molecule has 0 aromatic carbocycles. The molecule has 3 rings (SSSR count).